The lowest BCUT2D eigenvalue weighted by Gasteiger charge is -2.36. The Labute approximate surface area is 167 Å². The van der Waals surface area contributed by atoms with E-state index in [4.69, 9.17) is 4.74 Å². The molecule has 0 radical (unpaired) electrons. The van der Waals surface area contributed by atoms with Crippen LogP contribution in [-0.4, -0.2) is 37.0 Å². The average molecular weight is 379 g/mol. The fourth-order valence-corrected chi connectivity index (χ4v) is 4.61. The van der Waals surface area contributed by atoms with Gasteiger partial charge in [-0.05, 0) is 67.6 Å². The number of amides is 1. The summed E-state index contributed by atoms with van der Waals surface area (Å²) in [6, 6.07) is 16.8. The summed E-state index contributed by atoms with van der Waals surface area (Å²) in [4.78, 5) is 15.4. The molecule has 0 spiro atoms. The minimum atomic E-state index is 0.104. The second-order valence-corrected chi connectivity index (χ2v) is 8.07. The number of carbonyl (C=O) groups is 1. The van der Waals surface area contributed by atoms with Crippen molar-refractivity contribution < 1.29 is 9.53 Å². The van der Waals surface area contributed by atoms with Crippen LogP contribution >= 0.6 is 0 Å². The van der Waals surface area contributed by atoms with E-state index >= 15 is 0 Å². The van der Waals surface area contributed by atoms with Gasteiger partial charge in [0.25, 0.3) is 0 Å². The van der Waals surface area contributed by atoms with Crippen molar-refractivity contribution in [1.29, 1.82) is 0 Å². The number of methoxy groups -OCH3 is 1. The largest absolute Gasteiger partial charge is 0.497 e. The molecular formula is C24H30N2O2. The molecule has 1 aliphatic heterocycles. The third kappa shape index (κ3) is 4.39. The minimum Gasteiger partial charge on any atom is -0.497 e. The summed E-state index contributed by atoms with van der Waals surface area (Å²) in [6.45, 7) is 2.07. The number of nitrogens with one attached hydrogen (secondary N) is 1. The Hall–Kier alpha value is -2.33. The van der Waals surface area contributed by atoms with Crippen LogP contribution in [0, 0.1) is 5.92 Å². The number of piperidine rings is 1. The van der Waals surface area contributed by atoms with E-state index in [9.17, 15) is 4.79 Å². The van der Waals surface area contributed by atoms with Gasteiger partial charge in [-0.2, -0.15) is 0 Å². The monoisotopic (exact) mass is 378 g/mol. The molecule has 0 unspecified atom stereocenters. The van der Waals surface area contributed by atoms with Crippen LogP contribution in [0.5, 0.6) is 5.75 Å². The molecule has 0 bridgehead atoms. The molecule has 4 rings (SSSR count). The van der Waals surface area contributed by atoms with E-state index in [1.54, 1.807) is 7.11 Å². The highest BCUT2D eigenvalue weighted by Gasteiger charge is 2.31. The molecule has 1 amide bonds. The SMILES string of the molecule is COc1cccc(-c2ccc(NC(=O)[C@@H]3CCCN(C4CCCC4)C3)cc2)c1. The number of carbonyl (C=O) groups excluding carboxylic acids is 1. The Bertz CT molecular complexity index is 797. The minimum absolute atomic E-state index is 0.104. The zero-order chi connectivity index (χ0) is 19.3. The summed E-state index contributed by atoms with van der Waals surface area (Å²) in [6.07, 6.45) is 7.43. The Morgan fingerprint density at radius 3 is 2.54 bits per heavy atom. The molecular weight excluding hydrogens is 348 g/mol. The molecule has 2 fully saturated rings. The number of benzene rings is 2. The number of likely N-dealkylation sites (tertiary alicyclic amines) is 1. The quantitative estimate of drug-likeness (QED) is 0.800. The number of nitrogens with zero attached hydrogens (tertiary/aromatic N) is 1. The van der Waals surface area contributed by atoms with Crippen LogP contribution < -0.4 is 10.1 Å². The molecule has 4 heteroatoms. The van der Waals surface area contributed by atoms with Gasteiger partial charge in [0.2, 0.25) is 5.91 Å². The molecule has 1 N–H and O–H groups in total. The Morgan fingerprint density at radius 2 is 1.79 bits per heavy atom. The number of hydrogen-bond acceptors (Lipinski definition) is 3. The predicted molar refractivity (Wildman–Crippen MR) is 114 cm³/mol. The second kappa shape index (κ2) is 8.78. The van der Waals surface area contributed by atoms with E-state index in [2.05, 4.69) is 28.4 Å². The Balaban J connectivity index is 1.37. The van der Waals surface area contributed by atoms with Crippen molar-refractivity contribution in [2.45, 2.75) is 44.6 Å². The second-order valence-electron chi connectivity index (χ2n) is 8.07. The van der Waals surface area contributed by atoms with Gasteiger partial charge in [0.1, 0.15) is 5.75 Å². The highest BCUT2D eigenvalue weighted by Crippen LogP contribution is 2.29. The molecule has 28 heavy (non-hydrogen) atoms. The fraction of sp³-hybridized carbons (Fsp3) is 0.458. The molecule has 2 aromatic rings. The third-order valence-corrected chi connectivity index (χ3v) is 6.22. The predicted octanol–water partition coefficient (Wildman–Crippen LogP) is 4.96. The first-order valence-corrected chi connectivity index (χ1v) is 10.5. The number of ether oxygens (including phenoxy) is 1. The lowest BCUT2D eigenvalue weighted by Crippen LogP contribution is -2.44. The van der Waals surface area contributed by atoms with Crippen molar-refractivity contribution >= 4 is 11.6 Å². The normalized spacial score (nSPS) is 20.8. The van der Waals surface area contributed by atoms with E-state index in [-0.39, 0.29) is 11.8 Å². The van der Waals surface area contributed by atoms with Crippen molar-refractivity contribution in [3.8, 4) is 16.9 Å². The maximum Gasteiger partial charge on any atom is 0.228 e. The smallest absolute Gasteiger partial charge is 0.228 e. The molecule has 4 nitrogen and oxygen atoms in total. The van der Waals surface area contributed by atoms with E-state index in [0.29, 0.717) is 6.04 Å². The lowest BCUT2D eigenvalue weighted by atomic mass is 9.95. The first kappa shape index (κ1) is 19.0. The molecule has 2 aromatic carbocycles. The maximum absolute atomic E-state index is 12.8. The van der Waals surface area contributed by atoms with Crippen molar-refractivity contribution in [3.63, 3.8) is 0 Å². The molecule has 1 saturated heterocycles. The third-order valence-electron chi connectivity index (χ3n) is 6.22. The van der Waals surface area contributed by atoms with Crippen LogP contribution in [-0.2, 0) is 4.79 Å². The number of anilines is 1. The van der Waals surface area contributed by atoms with Gasteiger partial charge in [0.05, 0.1) is 13.0 Å². The van der Waals surface area contributed by atoms with E-state index in [1.807, 2.05) is 30.3 Å². The molecule has 1 aliphatic carbocycles. The van der Waals surface area contributed by atoms with Crippen LogP contribution in [0.3, 0.4) is 0 Å². The highest BCUT2D eigenvalue weighted by molar-refractivity contribution is 5.93. The van der Waals surface area contributed by atoms with Crippen LogP contribution in [0.15, 0.2) is 48.5 Å². The molecule has 1 atom stereocenters. The molecule has 0 aromatic heterocycles. The summed E-state index contributed by atoms with van der Waals surface area (Å²) in [5.41, 5.74) is 3.09. The van der Waals surface area contributed by atoms with Crippen molar-refractivity contribution in [3.05, 3.63) is 48.5 Å². The molecule has 148 valence electrons. The van der Waals surface area contributed by atoms with Gasteiger partial charge in [-0.25, -0.2) is 0 Å². The summed E-state index contributed by atoms with van der Waals surface area (Å²) >= 11 is 0. The van der Waals surface area contributed by atoms with Gasteiger partial charge in [-0.3, -0.25) is 9.69 Å². The van der Waals surface area contributed by atoms with Gasteiger partial charge >= 0.3 is 0 Å². The van der Waals surface area contributed by atoms with Crippen LogP contribution in [0.4, 0.5) is 5.69 Å². The van der Waals surface area contributed by atoms with E-state index in [1.165, 1.54) is 25.7 Å². The Morgan fingerprint density at radius 1 is 1.00 bits per heavy atom. The van der Waals surface area contributed by atoms with Gasteiger partial charge in [-0.15, -0.1) is 0 Å². The zero-order valence-corrected chi connectivity index (χ0v) is 16.7. The van der Waals surface area contributed by atoms with Crippen molar-refractivity contribution in [2.24, 2.45) is 5.92 Å². The summed E-state index contributed by atoms with van der Waals surface area (Å²) in [7, 11) is 1.68. The topological polar surface area (TPSA) is 41.6 Å². The number of rotatable bonds is 5. The van der Waals surface area contributed by atoms with Crippen LogP contribution in [0.25, 0.3) is 11.1 Å². The van der Waals surface area contributed by atoms with Crippen LogP contribution in [0.1, 0.15) is 38.5 Å². The summed E-state index contributed by atoms with van der Waals surface area (Å²) in [5, 5.41) is 3.13. The lowest BCUT2D eigenvalue weighted by molar-refractivity contribution is -0.121. The van der Waals surface area contributed by atoms with Crippen molar-refractivity contribution in [1.82, 2.24) is 4.90 Å². The van der Waals surface area contributed by atoms with Crippen molar-refractivity contribution in [2.75, 3.05) is 25.5 Å². The summed E-state index contributed by atoms with van der Waals surface area (Å²) < 4.78 is 5.30. The summed E-state index contributed by atoms with van der Waals surface area (Å²) in [5.74, 6) is 1.11. The van der Waals surface area contributed by atoms with Crippen LogP contribution in [0.2, 0.25) is 0 Å². The van der Waals surface area contributed by atoms with Gasteiger partial charge in [-0.1, -0.05) is 37.1 Å². The van der Waals surface area contributed by atoms with Gasteiger partial charge < -0.3 is 10.1 Å². The molecule has 1 saturated carbocycles. The first-order chi connectivity index (χ1) is 13.7. The van der Waals surface area contributed by atoms with Gasteiger partial charge in [0.15, 0.2) is 0 Å². The average Bonchev–Trinajstić information content (AvgIpc) is 3.29. The highest BCUT2D eigenvalue weighted by atomic mass is 16.5. The van der Waals surface area contributed by atoms with Gasteiger partial charge in [0, 0.05) is 18.3 Å². The first-order valence-electron chi connectivity index (χ1n) is 10.5. The molecule has 2 aliphatic rings. The zero-order valence-electron chi connectivity index (χ0n) is 16.7. The standard InChI is InChI=1S/C24H30N2O2/c1-28-23-10-4-6-19(16-23)18-11-13-21(14-12-18)25-24(27)20-7-5-15-26(17-20)22-8-2-3-9-22/h4,6,10-14,16,20,22H,2-3,5,7-9,15,17H2,1H3,(H,25,27)/t20-/m1/s1. The Kier molecular flexibility index (Phi) is 5.96. The fourth-order valence-electron chi connectivity index (χ4n) is 4.61. The van der Waals surface area contributed by atoms with E-state index in [0.717, 1.165) is 48.5 Å². The van der Waals surface area contributed by atoms with E-state index < -0.39 is 0 Å². The number of hydrogen-bond donors (Lipinski definition) is 1. The molecule has 1 heterocycles. The maximum atomic E-state index is 12.8.